The fourth-order valence-corrected chi connectivity index (χ4v) is 2.76. The summed E-state index contributed by atoms with van der Waals surface area (Å²) in [6.45, 7) is 1.71. The first kappa shape index (κ1) is 13.6. The van der Waals surface area contributed by atoms with Crippen LogP contribution in [-0.4, -0.2) is 40.9 Å². The second-order valence-corrected chi connectivity index (χ2v) is 5.07. The molecule has 0 N–H and O–H groups in total. The van der Waals surface area contributed by atoms with Crippen LogP contribution in [0, 0.1) is 0 Å². The smallest absolute Gasteiger partial charge is 0.341 e. The number of nitrogens with zero attached hydrogens (tertiary/aromatic N) is 4. The predicted molar refractivity (Wildman–Crippen MR) is 78.3 cm³/mol. The van der Waals surface area contributed by atoms with E-state index in [9.17, 15) is 4.79 Å². The average Bonchev–Trinajstić information content (AvgIpc) is 3.09. The van der Waals surface area contributed by atoms with Crippen LogP contribution in [0.1, 0.15) is 29.2 Å². The molecule has 0 spiro atoms. The number of methoxy groups -OCH3 is 1. The van der Waals surface area contributed by atoms with Crippen LogP contribution in [0.2, 0.25) is 0 Å². The highest BCUT2D eigenvalue weighted by Crippen LogP contribution is 2.27. The molecule has 6 heteroatoms. The van der Waals surface area contributed by atoms with E-state index in [4.69, 9.17) is 4.74 Å². The zero-order valence-electron chi connectivity index (χ0n) is 12.0. The zero-order chi connectivity index (χ0) is 14.7. The Morgan fingerprint density at radius 1 is 1.29 bits per heavy atom. The second-order valence-electron chi connectivity index (χ2n) is 5.07. The lowest BCUT2D eigenvalue weighted by molar-refractivity contribution is 0.0601. The molecule has 0 atom stereocenters. The van der Waals surface area contributed by atoms with Gasteiger partial charge in [0.2, 0.25) is 0 Å². The van der Waals surface area contributed by atoms with E-state index in [2.05, 4.69) is 15.0 Å². The van der Waals surface area contributed by atoms with Gasteiger partial charge >= 0.3 is 5.97 Å². The Hall–Kier alpha value is -2.37. The van der Waals surface area contributed by atoms with Crippen LogP contribution in [0.5, 0.6) is 0 Å². The molecule has 0 radical (unpaired) electrons. The van der Waals surface area contributed by atoms with Crippen molar-refractivity contribution in [2.45, 2.75) is 18.9 Å². The first-order valence-electron chi connectivity index (χ1n) is 7.07. The van der Waals surface area contributed by atoms with Crippen LogP contribution in [-0.2, 0) is 4.74 Å². The number of pyridine rings is 1. The lowest BCUT2D eigenvalue weighted by Crippen LogP contribution is -2.36. The van der Waals surface area contributed by atoms with Crippen LogP contribution in [0.3, 0.4) is 0 Å². The van der Waals surface area contributed by atoms with Gasteiger partial charge in [-0.1, -0.05) is 0 Å². The molecule has 3 heterocycles. The minimum atomic E-state index is -0.340. The van der Waals surface area contributed by atoms with Gasteiger partial charge in [-0.2, -0.15) is 5.10 Å². The first-order chi connectivity index (χ1) is 10.3. The Kier molecular flexibility index (Phi) is 3.85. The SMILES string of the molecule is COC(=O)c1cccnc1N1CCC(n2cccn2)CC1. The minimum absolute atomic E-state index is 0.340. The van der Waals surface area contributed by atoms with Gasteiger partial charge in [-0.3, -0.25) is 4.68 Å². The van der Waals surface area contributed by atoms with Crippen molar-refractivity contribution in [1.82, 2.24) is 14.8 Å². The molecule has 0 aromatic carbocycles. The van der Waals surface area contributed by atoms with E-state index in [0.29, 0.717) is 17.4 Å². The van der Waals surface area contributed by atoms with Crippen molar-refractivity contribution >= 4 is 11.8 Å². The van der Waals surface area contributed by atoms with Crippen LogP contribution in [0.4, 0.5) is 5.82 Å². The minimum Gasteiger partial charge on any atom is -0.465 e. The van der Waals surface area contributed by atoms with E-state index in [1.54, 1.807) is 24.5 Å². The van der Waals surface area contributed by atoms with E-state index in [-0.39, 0.29) is 5.97 Å². The van der Waals surface area contributed by atoms with Crippen LogP contribution in [0.25, 0.3) is 0 Å². The normalized spacial score (nSPS) is 16.0. The molecule has 0 amide bonds. The van der Waals surface area contributed by atoms with Crippen LogP contribution in [0.15, 0.2) is 36.8 Å². The van der Waals surface area contributed by atoms with Crippen molar-refractivity contribution in [2.75, 3.05) is 25.1 Å². The molecule has 0 aliphatic carbocycles. The Balaban J connectivity index is 1.74. The van der Waals surface area contributed by atoms with Crippen molar-refractivity contribution in [3.8, 4) is 0 Å². The number of ether oxygens (including phenoxy) is 1. The van der Waals surface area contributed by atoms with Gasteiger partial charge in [0.25, 0.3) is 0 Å². The highest BCUT2D eigenvalue weighted by atomic mass is 16.5. The standard InChI is InChI=1S/C15H18N4O2/c1-21-15(20)13-4-2-7-16-14(13)18-10-5-12(6-11-18)19-9-3-8-17-19/h2-4,7-9,12H,5-6,10-11H2,1H3. The number of hydrogen-bond acceptors (Lipinski definition) is 5. The van der Waals surface area contributed by atoms with E-state index >= 15 is 0 Å². The summed E-state index contributed by atoms with van der Waals surface area (Å²) in [6, 6.07) is 5.88. The summed E-state index contributed by atoms with van der Waals surface area (Å²) in [6.07, 6.45) is 7.49. The first-order valence-corrected chi connectivity index (χ1v) is 7.07. The molecule has 1 aliphatic heterocycles. The van der Waals surface area contributed by atoms with Gasteiger partial charge in [0.05, 0.1) is 13.2 Å². The van der Waals surface area contributed by atoms with Gasteiger partial charge in [0.1, 0.15) is 11.4 Å². The largest absolute Gasteiger partial charge is 0.465 e. The molecule has 2 aromatic rings. The van der Waals surface area contributed by atoms with Gasteiger partial charge in [-0.25, -0.2) is 9.78 Å². The summed E-state index contributed by atoms with van der Waals surface area (Å²) < 4.78 is 6.84. The van der Waals surface area contributed by atoms with Crippen molar-refractivity contribution in [3.63, 3.8) is 0 Å². The summed E-state index contributed by atoms with van der Waals surface area (Å²) in [5.74, 6) is 0.371. The van der Waals surface area contributed by atoms with Crippen LogP contribution < -0.4 is 4.90 Å². The summed E-state index contributed by atoms with van der Waals surface area (Å²) >= 11 is 0. The van der Waals surface area contributed by atoms with Gasteiger partial charge in [0.15, 0.2) is 0 Å². The van der Waals surface area contributed by atoms with Crippen molar-refractivity contribution < 1.29 is 9.53 Å². The number of hydrogen-bond donors (Lipinski definition) is 0. The molecule has 2 aromatic heterocycles. The Bertz CT molecular complexity index is 604. The molecule has 0 bridgehead atoms. The molecular formula is C15H18N4O2. The van der Waals surface area contributed by atoms with Gasteiger partial charge < -0.3 is 9.64 Å². The number of carbonyl (C=O) groups is 1. The van der Waals surface area contributed by atoms with Gasteiger partial charge in [-0.05, 0) is 31.0 Å². The van der Waals surface area contributed by atoms with Crippen molar-refractivity contribution in [1.29, 1.82) is 0 Å². The number of anilines is 1. The highest BCUT2D eigenvalue weighted by molar-refractivity contribution is 5.94. The third-order valence-corrected chi connectivity index (χ3v) is 3.85. The summed E-state index contributed by atoms with van der Waals surface area (Å²) in [5, 5.41) is 4.31. The van der Waals surface area contributed by atoms with E-state index < -0.39 is 0 Å². The Morgan fingerprint density at radius 3 is 2.76 bits per heavy atom. The maximum atomic E-state index is 11.8. The molecular weight excluding hydrogens is 268 g/mol. The third kappa shape index (κ3) is 2.74. The average molecular weight is 286 g/mol. The fraction of sp³-hybridized carbons (Fsp3) is 0.400. The van der Waals surface area contributed by atoms with E-state index in [1.165, 1.54) is 7.11 Å². The molecule has 0 unspecified atom stereocenters. The van der Waals surface area contributed by atoms with Gasteiger partial charge in [0, 0.05) is 31.7 Å². The Labute approximate surface area is 123 Å². The van der Waals surface area contributed by atoms with Crippen molar-refractivity contribution in [2.24, 2.45) is 0 Å². The lowest BCUT2D eigenvalue weighted by atomic mass is 10.0. The van der Waals surface area contributed by atoms with E-state index in [0.717, 1.165) is 25.9 Å². The second kappa shape index (κ2) is 5.95. The topological polar surface area (TPSA) is 60.2 Å². The maximum absolute atomic E-state index is 11.8. The maximum Gasteiger partial charge on any atom is 0.341 e. The monoisotopic (exact) mass is 286 g/mol. The number of carbonyl (C=O) groups excluding carboxylic acids is 1. The number of rotatable bonds is 3. The quantitative estimate of drug-likeness (QED) is 0.807. The Morgan fingerprint density at radius 2 is 2.10 bits per heavy atom. The number of aromatic nitrogens is 3. The predicted octanol–water partition coefficient (Wildman–Crippen LogP) is 1.91. The lowest BCUT2D eigenvalue weighted by Gasteiger charge is -2.33. The molecule has 110 valence electrons. The van der Waals surface area contributed by atoms with Crippen molar-refractivity contribution in [3.05, 3.63) is 42.4 Å². The molecule has 3 rings (SSSR count). The molecule has 6 nitrogen and oxygen atoms in total. The molecule has 21 heavy (non-hydrogen) atoms. The summed E-state index contributed by atoms with van der Waals surface area (Å²) in [5.41, 5.74) is 0.525. The summed E-state index contributed by atoms with van der Waals surface area (Å²) in [7, 11) is 1.39. The zero-order valence-corrected chi connectivity index (χ0v) is 12.0. The summed E-state index contributed by atoms with van der Waals surface area (Å²) in [4.78, 5) is 18.3. The molecule has 1 aliphatic rings. The van der Waals surface area contributed by atoms with Crippen LogP contribution >= 0.6 is 0 Å². The van der Waals surface area contributed by atoms with E-state index in [1.807, 2.05) is 16.9 Å². The molecule has 1 saturated heterocycles. The highest BCUT2D eigenvalue weighted by Gasteiger charge is 2.24. The molecule has 1 fully saturated rings. The number of esters is 1. The number of piperidine rings is 1. The van der Waals surface area contributed by atoms with Gasteiger partial charge in [-0.15, -0.1) is 0 Å². The molecule has 0 saturated carbocycles. The third-order valence-electron chi connectivity index (χ3n) is 3.85. The fourth-order valence-electron chi connectivity index (χ4n) is 2.76.